The van der Waals surface area contributed by atoms with E-state index in [1.807, 2.05) is 14.0 Å². The number of fused-ring (bicyclic) bond motifs is 2. The fourth-order valence-corrected chi connectivity index (χ4v) is 8.59. The van der Waals surface area contributed by atoms with Gasteiger partial charge in [-0.1, -0.05) is 32.3 Å². The Bertz CT molecular complexity index is 1870. The summed E-state index contributed by atoms with van der Waals surface area (Å²) in [5.74, 6) is -0.594. The van der Waals surface area contributed by atoms with Crippen molar-refractivity contribution in [3.8, 4) is 28.9 Å². The predicted octanol–water partition coefficient (Wildman–Crippen LogP) is 6.88. The van der Waals surface area contributed by atoms with Crippen LogP contribution in [0.25, 0.3) is 32.9 Å². The smallest absolute Gasteiger partial charge is 0.319 e. The largest absolute Gasteiger partial charge is 0.508 e. The van der Waals surface area contributed by atoms with Gasteiger partial charge in [0.2, 0.25) is 5.88 Å². The molecule has 8 rings (SSSR count). The Kier molecular flexibility index (Phi) is 6.97. The lowest BCUT2D eigenvalue weighted by Crippen LogP contribution is -2.52. The highest BCUT2D eigenvalue weighted by Gasteiger charge is 2.49. The molecule has 3 aliphatic heterocycles. The number of nitrogens with zero attached hydrogens (tertiary/aromatic N) is 5. The Morgan fingerprint density at radius 1 is 1.04 bits per heavy atom. The number of aryl methyl sites for hydroxylation is 1. The summed E-state index contributed by atoms with van der Waals surface area (Å²) in [7, 11) is 1.96. The highest BCUT2D eigenvalue weighted by molar-refractivity contribution is 6.03. The molecule has 4 aliphatic rings. The molecule has 2 aromatic carbocycles. The van der Waals surface area contributed by atoms with E-state index in [2.05, 4.69) is 14.8 Å². The van der Waals surface area contributed by atoms with Crippen LogP contribution in [0.4, 0.5) is 19.0 Å². The van der Waals surface area contributed by atoms with Crippen molar-refractivity contribution in [1.82, 2.24) is 19.9 Å². The van der Waals surface area contributed by atoms with Crippen LogP contribution in [0.5, 0.6) is 17.6 Å². The highest BCUT2D eigenvalue weighted by atomic mass is 19.1. The van der Waals surface area contributed by atoms with E-state index in [4.69, 9.17) is 19.4 Å². The van der Waals surface area contributed by atoms with E-state index in [-0.39, 0.29) is 46.6 Å². The molecule has 4 aromatic rings. The summed E-state index contributed by atoms with van der Waals surface area (Å²) in [5.41, 5.74) is -0.284. The third-order valence-electron chi connectivity index (χ3n) is 11.0. The Morgan fingerprint density at radius 3 is 2.67 bits per heavy atom. The highest BCUT2D eigenvalue weighted by Crippen LogP contribution is 2.47. The predicted molar refractivity (Wildman–Crippen MR) is 169 cm³/mol. The molecular weight excluding hydrogens is 595 g/mol. The zero-order chi connectivity index (χ0) is 31.8. The number of pyridine rings is 1. The van der Waals surface area contributed by atoms with Crippen LogP contribution in [-0.4, -0.2) is 75.6 Å². The van der Waals surface area contributed by atoms with Crippen LogP contribution in [-0.2, 0) is 6.42 Å². The molecule has 1 spiro atoms. The van der Waals surface area contributed by atoms with Crippen LogP contribution >= 0.6 is 0 Å². The molecular formula is C35H38F3N5O3. The van der Waals surface area contributed by atoms with Gasteiger partial charge in [-0.25, -0.2) is 18.2 Å². The Balaban J connectivity index is 1.33. The molecule has 242 valence electrons. The normalized spacial score (nSPS) is 24.0. The zero-order valence-corrected chi connectivity index (χ0v) is 26.2. The molecule has 1 N–H and O–H groups in total. The molecule has 0 unspecified atom stereocenters. The molecule has 1 saturated carbocycles. The van der Waals surface area contributed by atoms with Crippen LogP contribution in [0, 0.1) is 11.6 Å². The van der Waals surface area contributed by atoms with E-state index in [9.17, 15) is 9.50 Å². The molecule has 8 nitrogen and oxygen atoms in total. The van der Waals surface area contributed by atoms with Crippen molar-refractivity contribution in [3.63, 3.8) is 0 Å². The molecule has 5 heterocycles. The molecule has 3 fully saturated rings. The second-order valence-electron chi connectivity index (χ2n) is 13.6. The fraction of sp³-hybridized carbons (Fsp3) is 0.514. The molecule has 11 heteroatoms. The Morgan fingerprint density at radius 2 is 1.87 bits per heavy atom. The summed E-state index contributed by atoms with van der Waals surface area (Å²) < 4.78 is 59.4. The van der Waals surface area contributed by atoms with Crippen molar-refractivity contribution in [2.45, 2.75) is 82.0 Å². The van der Waals surface area contributed by atoms with E-state index < -0.39 is 23.3 Å². The van der Waals surface area contributed by atoms with E-state index >= 15 is 8.78 Å². The van der Waals surface area contributed by atoms with Crippen molar-refractivity contribution in [1.29, 1.82) is 0 Å². The Hall–Kier alpha value is -3.86. The van der Waals surface area contributed by atoms with Gasteiger partial charge in [0.15, 0.2) is 5.82 Å². The third-order valence-corrected chi connectivity index (χ3v) is 11.0. The number of likely N-dealkylation sites (N-methyl/N-ethyl adjacent to an activating group) is 1. The number of ether oxygens (including phenoxy) is 2. The first-order valence-electron chi connectivity index (χ1n) is 16.5. The summed E-state index contributed by atoms with van der Waals surface area (Å²) in [6.07, 6.45) is 6.54. The van der Waals surface area contributed by atoms with Crippen molar-refractivity contribution >= 4 is 27.5 Å². The third kappa shape index (κ3) is 4.48. The molecule has 46 heavy (non-hydrogen) atoms. The van der Waals surface area contributed by atoms with E-state index in [1.54, 1.807) is 6.07 Å². The maximum atomic E-state index is 17.0. The minimum absolute atomic E-state index is 0.00815. The molecule has 0 radical (unpaired) electrons. The van der Waals surface area contributed by atoms with Gasteiger partial charge in [0.25, 0.3) is 0 Å². The van der Waals surface area contributed by atoms with Gasteiger partial charge >= 0.3 is 6.01 Å². The number of benzene rings is 2. The van der Waals surface area contributed by atoms with Gasteiger partial charge in [-0.3, -0.25) is 4.90 Å². The zero-order valence-electron chi connectivity index (χ0n) is 26.2. The topological polar surface area (TPSA) is 83.8 Å². The summed E-state index contributed by atoms with van der Waals surface area (Å²) in [5, 5.41) is 12.1. The molecule has 2 saturated heterocycles. The van der Waals surface area contributed by atoms with Crippen molar-refractivity contribution in [2.24, 2.45) is 0 Å². The first-order chi connectivity index (χ1) is 22.2. The summed E-state index contributed by atoms with van der Waals surface area (Å²) in [4.78, 5) is 18.5. The van der Waals surface area contributed by atoms with Crippen LogP contribution < -0.4 is 14.4 Å². The van der Waals surface area contributed by atoms with Crippen LogP contribution in [0.2, 0.25) is 0 Å². The minimum Gasteiger partial charge on any atom is -0.508 e. The standard InChI is InChI=1S/C35H38F3N5O3/c1-3-23-25(37)9-8-20-14-22(44)15-24(26(20)23)29-28(38)30-27-31(42(2)34(10-5-4-6-11-34)18-45-32(27)39-29)41-33(40-30)46-19-35-12-7-13-43(35)17-21(36)16-35/h8-9,14-15,21,44H,3-7,10-13,16-19H2,1-2H3/t21-,35+/m1/s1. The second kappa shape index (κ2) is 10.9. The number of phenols is 1. The van der Waals surface area contributed by atoms with Crippen LogP contribution in [0.3, 0.4) is 0 Å². The van der Waals surface area contributed by atoms with Crippen molar-refractivity contribution < 1.29 is 27.8 Å². The number of aromatic hydroxyl groups is 1. The van der Waals surface area contributed by atoms with Crippen molar-refractivity contribution in [3.05, 3.63) is 41.5 Å². The number of aromatic nitrogens is 3. The number of rotatable bonds is 5. The van der Waals surface area contributed by atoms with E-state index in [0.717, 1.165) is 51.5 Å². The minimum atomic E-state index is -0.913. The first-order valence-corrected chi connectivity index (χ1v) is 16.5. The molecule has 0 amide bonds. The van der Waals surface area contributed by atoms with Gasteiger partial charge in [-0.2, -0.15) is 9.97 Å². The fourth-order valence-electron chi connectivity index (χ4n) is 8.59. The summed E-state index contributed by atoms with van der Waals surface area (Å²) >= 11 is 0. The van der Waals surface area contributed by atoms with Gasteiger partial charge in [-0.15, -0.1) is 0 Å². The lowest BCUT2D eigenvalue weighted by molar-refractivity contribution is 0.107. The number of phenolic OH excluding ortho intramolecular Hbond substituents is 1. The molecule has 1 aliphatic carbocycles. The molecule has 2 atom stereocenters. The number of halogens is 3. The van der Waals surface area contributed by atoms with Crippen LogP contribution in [0.1, 0.15) is 63.9 Å². The monoisotopic (exact) mass is 633 g/mol. The maximum Gasteiger partial charge on any atom is 0.319 e. The van der Waals surface area contributed by atoms with Gasteiger partial charge in [0.05, 0.1) is 11.1 Å². The lowest BCUT2D eigenvalue weighted by atomic mass is 9.81. The summed E-state index contributed by atoms with van der Waals surface area (Å²) in [6.45, 7) is 3.57. The van der Waals surface area contributed by atoms with Gasteiger partial charge in [0, 0.05) is 25.6 Å². The SMILES string of the molecule is CCc1c(F)ccc2cc(O)cc(-c3nc4c5c(nc(OC[C@@]67CCCN6C[C@H](F)C7)nc5c3F)N(C)C3(CCCCC3)CO4)c12. The molecule has 2 aromatic heterocycles. The number of hydrogen-bond donors (Lipinski definition) is 1. The average molecular weight is 634 g/mol. The van der Waals surface area contributed by atoms with Crippen LogP contribution in [0.15, 0.2) is 24.3 Å². The average Bonchev–Trinajstić information content (AvgIpc) is 3.55. The number of alkyl halides is 1. The van der Waals surface area contributed by atoms with Gasteiger partial charge in [-0.05, 0) is 73.2 Å². The van der Waals surface area contributed by atoms with E-state index in [0.29, 0.717) is 53.5 Å². The number of hydrogen-bond acceptors (Lipinski definition) is 8. The second-order valence-corrected chi connectivity index (χ2v) is 13.6. The molecule has 0 bridgehead atoms. The van der Waals surface area contributed by atoms with Gasteiger partial charge < -0.3 is 19.5 Å². The summed E-state index contributed by atoms with van der Waals surface area (Å²) in [6, 6.07) is 5.88. The number of anilines is 1. The lowest BCUT2D eigenvalue weighted by Gasteiger charge is -2.43. The quantitative estimate of drug-likeness (QED) is 0.255. The van der Waals surface area contributed by atoms with E-state index in [1.165, 1.54) is 18.2 Å². The van der Waals surface area contributed by atoms with Crippen molar-refractivity contribution in [2.75, 3.05) is 38.3 Å². The Labute approximate surface area is 265 Å². The first kappa shape index (κ1) is 29.5. The maximum absolute atomic E-state index is 17.0. The van der Waals surface area contributed by atoms with Gasteiger partial charge in [0.1, 0.15) is 53.4 Å².